The first-order valence-electron chi connectivity index (χ1n) is 6.45. The van der Waals surface area contributed by atoms with Crippen molar-refractivity contribution in [2.75, 3.05) is 7.11 Å². The van der Waals surface area contributed by atoms with E-state index in [0.717, 1.165) is 12.0 Å². The van der Waals surface area contributed by atoms with Gasteiger partial charge in [-0.1, -0.05) is 24.3 Å². The molecule has 3 rings (SSSR count). The van der Waals surface area contributed by atoms with Crippen LogP contribution in [0.4, 0.5) is 0 Å². The molecule has 0 fully saturated rings. The standard InChI is InChI=1S/C16H14N2O2/c1-20-16(10-15(17-11-19)7-8-18-16)14-6-5-12-3-2-4-13(12)9-14/h2,4-9H,3,10H2,1H3. The van der Waals surface area contributed by atoms with Crippen LogP contribution in [0.2, 0.25) is 0 Å². The number of rotatable bonds is 3. The molecule has 100 valence electrons. The Balaban J connectivity index is 2.02. The summed E-state index contributed by atoms with van der Waals surface area (Å²) in [5, 5.41) is 0. The van der Waals surface area contributed by atoms with E-state index in [0.29, 0.717) is 12.1 Å². The molecule has 4 nitrogen and oxygen atoms in total. The second-order valence-electron chi connectivity index (χ2n) is 4.82. The Labute approximate surface area is 117 Å². The summed E-state index contributed by atoms with van der Waals surface area (Å²) in [6.07, 6.45) is 10.6. The van der Waals surface area contributed by atoms with E-state index >= 15 is 0 Å². The Bertz CT molecular complexity index is 682. The summed E-state index contributed by atoms with van der Waals surface area (Å²) >= 11 is 0. The van der Waals surface area contributed by atoms with Crippen LogP contribution in [0.15, 0.2) is 46.0 Å². The lowest BCUT2D eigenvalue weighted by molar-refractivity contribution is -0.00742. The summed E-state index contributed by atoms with van der Waals surface area (Å²) < 4.78 is 5.65. The maximum absolute atomic E-state index is 10.4. The molecule has 0 radical (unpaired) electrons. The maximum atomic E-state index is 10.4. The minimum Gasteiger partial charge on any atom is -0.353 e. The molecule has 20 heavy (non-hydrogen) atoms. The van der Waals surface area contributed by atoms with Gasteiger partial charge < -0.3 is 4.74 Å². The Morgan fingerprint density at radius 1 is 1.45 bits per heavy atom. The third-order valence-corrected chi connectivity index (χ3v) is 3.73. The summed E-state index contributed by atoms with van der Waals surface area (Å²) in [7, 11) is 1.62. The van der Waals surface area contributed by atoms with Gasteiger partial charge in [0.1, 0.15) is 0 Å². The van der Waals surface area contributed by atoms with E-state index in [1.807, 2.05) is 6.07 Å². The van der Waals surface area contributed by atoms with E-state index in [1.54, 1.807) is 25.5 Å². The van der Waals surface area contributed by atoms with Crippen LogP contribution >= 0.6 is 0 Å². The van der Waals surface area contributed by atoms with Crippen molar-refractivity contribution >= 4 is 18.4 Å². The summed E-state index contributed by atoms with van der Waals surface area (Å²) in [6.45, 7) is 0. The first-order valence-corrected chi connectivity index (χ1v) is 6.45. The van der Waals surface area contributed by atoms with Crippen LogP contribution < -0.4 is 0 Å². The van der Waals surface area contributed by atoms with Crippen LogP contribution in [0.5, 0.6) is 0 Å². The number of dihydropyridines is 1. The SMILES string of the molecule is COC1(c2ccc3c(c2)C=CC3)CC(N=C=O)=CC=N1. The third-order valence-electron chi connectivity index (χ3n) is 3.73. The topological polar surface area (TPSA) is 51.0 Å². The number of hydrogen-bond acceptors (Lipinski definition) is 4. The molecule has 0 saturated heterocycles. The summed E-state index contributed by atoms with van der Waals surface area (Å²) in [6, 6.07) is 6.22. The molecule has 0 spiro atoms. The molecule has 1 atom stereocenters. The lowest BCUT2D eigenvalue weighted by Crippen LogP contribution is -2.28. The smallest absolute Gasteiger partial charge is 0.240 e. The van der Waals surface area contributed by atoms with Gasteiger partial charge in [0.25, 0.3) is 0 Å². The molecular formula is C16H14N2O2. The molecule has 1 aromatic rings. The van der Waals surface area contributed by atoms with E-state index < -0.39 is 5.72 Å². The molecule has 1 aliphatic carbocycles. The molecule has 0 saturated carbocycles. The van der Waals surface area contributed by atoms with Crippen molar-refractivity contribution in [2.24, 2.45) is 9.98 Å². The molecule has 0 bridgehead atoms. The van der Waals surface area contributed by atoms with Gasteiger partial charge in [0.2, 0.25) is 6.08 Å². The van der Waals surface area contributed by atoms with Gasteiger partial charge in [0.05, 0.1) is 5.70 Å². The lowest BCUT2D eigenvalue weighted by Gasteiger charge is -2.30. The molecule has 1 aliphatic heterocycles. The number of isocyanates is 1. The van der Waals surface area contributed by atoms with E-state index in [-0.39, 0.29) is 0 Å². The molecular weight excluding hydrogens is 252 g/mol. The summed E-state index contributed by atoms with van der Waals surface area (Å²) in [4.78, 5) is 18.6. The second kappa shape index (κ2) is 5.00. The average molecular weight is 266 g/mol. The van der Waals surface area contributed by atoms with Crippen molar-refractivity contribution in [3.05, 3.63) is 52.7 Å². The zero-order valence-electron chi connectivity index (χ0n) is 11.2. The van der Waals surface area contributed by atoms with Gasteiger partial charge in [0.15, 0.2) is 5.72 Å². The number of ether oxygens (including phenoxy) is 1. The highest BCUT2D eigenvalue weighted by Crippen LogP contribution is 2.37. The van der Waals surface area contributed by atoms with Crippen molar-refractivity contribution in [3.63, 3.8) is 0 Å². The van der Waals surface area contributed by atoms with Gasteiger partial charge in [-0.3, -0.25) is 4.99 Å². The third kappa shape index (κ3) is 2.05. The van der Waals surface area contributed by atoms with Crippen molar-refractivity contribution in [1.29, 1.82) is 0 Å². The Kier molecular flexibility index (Phi) is 3.18. The largest absolute Gasteiger partial charge is 0.353 e. The summed E-state index contributed by atoms with van der Waals surface area (Å²) in [5.41, 5.74) is 3.28. The highest BCUT2D eigenvalue weighted by Gasteiger charge is 2.34. The van der Waals surface area contributed by atoms with Crippen molar-refractivity contribution in [3.8, 4) is 0 Å². The molecule has 2 aliphatic rings. The molecule has 1 heterocycles. The fraction of sp³-hybridized carbons (Fsp3) is 0.250. The molecule has 0 amide bonds. The monoisotopic (exact) mass is 266 g/mol. The fourth-order valence-corrected chi connectivity index (χ4v) is 2.64. The number of hydrogen-bond donors (Lipinski definition) is 0. The summed E-state index contributed by atoms with van der Waals surface area (Å²) in [5.74, 6) is 0. The van der Waals surface area contributed by atoms with E-state index in [2.05, 4.69) is 34.3 Å². The normalized spacial score (nSPS) is 23.1. The van der Waals surface area contributed by atoms with Crippen LogP contribution in [-0.2, 0) is 21.7 Å². The van der Waals surface area contributed by atoms with Gasteiger partial charge in [-0.25, -0.2) is 4.79 Å². The molecule has 1 unspecified atom stereocenters. The Morgan fingerprint density at radius 2 is 2.35 bits per heavy atom. The average Bonchev–Trinajstić information content (AvgIpc) is 2.95. The van der Waals surface area contributed by atoms with Crippen LogP contribution in [0, 0.1) is 0 Å². The molecule has 4 heteroatoms. The zero-order chi connectivity index (χ0) is 14.0. The number of methoxy groups -OCH3 is 1. The van der Waals surface area contributed by atoms with Crippen molar-refractivity contribution in [1.82, 2.24) is 0 Å². The van der Waals surface area contributed by atoms with Crippen molar-refractivity contribution in [2.45, 2.75) is 18.6 Å². The van der Waals surface area contributed by atoms with E-state index in [4.69, 9.17) is 4.74 Å². The Hall–Kier alpha value is -2.29. The number of allylic oxidation sites excluding steroid dienone is 2. The maximum Gasteiger partial charge on any atom is 0.240 e. The number of nitrogens with zero attached hydrogens (tertiary/aromatic N) is 2. The number of aliphatic imine (C=N–C) groups is 2. The van der Waals surface area contributed by atoms with Gasteiger partial charge in [0, 0.05) is 25.3 Å². The first-order chi connectivity index (χ1) is 9.77. The lowest BCUT2D eigenvalue weighted by atomic mass is 9.93. The molecule has 0 aromatic heterocycles. The predicted octanol–water partition coefficient (Wildman–Crippen LogP) is 2.75. The second-order valence-corrected chi connectivity index (χ2v) is 4.82. The van der Waals surface area contributed by atoms with Gasteiger partial charge in [-0.15, -0.1) is 0 Å². The van der Waals surface area contributed by atoms with Crippen LogP contribution in [0.1, 0.15) is 23.1 Å². The molecule has 0 N–H and O–H groups in total. The Morgan fingerprint density at radius 3 is 3.15 bits per heavy atom. The number of fused-ring (bicyclic) bond motifs is 1. The first kappa shape index (κ1) is 12.7. The van der Waals surface area contributed by atoms with Gasteiger partial charge >= 0.3 is 0 Å². The minimum absolute atomic E-state index is 0.428. The van der Waals surface area contributed by atoms with Crippen LogP contribution in [0.3, 0.4) is 0 Å². The highest BCUT2D eigenvalue weighted by atomic mass is 16.5. The molecule has 1 aromatic carbocycles. The van der Waals surface area contributed by atoms with Crippen LogP contribution in [0.25, 0.3) is 6.08 Å². The number of carbonyl (C=O) groups excluding carboxylic acids is 1. The van der Waals surface area contributed by atoms with Gasteiger partial charge in [-0.2, -0.15) is 4.99 Å². The quantitative estimate of drug-likeness (QED) is 0.624. The highest BCUT2D eigenvalue weighted by molar-refractivity contribution is 5.74. The van der Waals surface area contributed by atoms with E-state index in [9.17, 15) is 4.79 Å². The van der Waals surface area contributed by atoms with Crippen molar-refractivity contribution < 1.29 is 9.53 Å². The van der Waals surface area contributed by atoms with Crippen LogP contribution in [-0.4, -0.2) is 19.4 Å². The number of benzene rings is 1. The zero-order valence-corrected chi connectivity index (χ0v) is 11.2. The minimum atomic E-state index is -0.810. The van der Waals surface area contributed by atoms with Gasteiger partial charge in [-0.05, 0) is 29.7 Å². The van der Waals surface area contributed by atoms with E-state index in [1.165, 1.54) is 11.1 Å². The predicted molar refractivity (Wildman–Crippen MR) is 77.2 cm³/mol. The fourth-order valence-electron chi connectivity index (χ4n) is 2.64.